The van der Waals surface area contributed by atoms with Gasteiger partial charge in [0.1, 0.15) is 0 Å². The summed E-state index contributed by atoms with van der Waals surface area (Å²) in [5.74, 6) is -0.697. The second kappa shape index (κ2) is 6.70. The summed E-state index contributed by atoms with van der Waals surface area (Å²) >= 11 is 4.75. The van der Waals surface area contributed by atoms with Crippen LogP contribution in [-0.4, -0.2) is 37.9 Å². The molecule has 1 aromatic rings. The van der Waals surface area contributed by atoms with Gasteiger partial charge in [-0.3, -0.25) is 10.7 Å². The summed E-state index contributed by atoms with van der Waals surface area (Å²) in [4.78, 5) is 8.87. The Bertz CT molecular complexity index is 709. The highest BCUT2D eigenvalue weighted by molar-refractivity contribution is 7.80. The zero-order valence-electron chi connectivity index (χ0n) is 14.6. The molecule has 1 aliphatic heterocycles. The van der Waals surface area contributed by atoms with Crippen LogP contribution in [0.15, 0.2) is 28.7 Å². The predicted octanol–water partition coefficient (Wildman–Crippen LogP) is 0.686. The molecule has 1 unspecified atom stereocenters. The Morgan fingerprint density at radius 3 is 2.75 bits per heavy atom. The highest BCUT2D eigenvalue weighted by Crippen LogP contribution is 2.21. The van der Waals surface area contributed by atoms with E-state index in [1.54, 1.807) is 18.7 Å². The zero-order valence-corrected chi connectivity index (χ0v) is 15.4. The molecule has 0 saturated heterocycles. The molecule has 130 valence electrons. The maximum absolute atomic E-state index is 5.38. The fourth-order valence-electron chi connectivity index (χ4n) is 2.54. The van der Waals surface area contributed by atoms with Crippen molar-refractivity contribution in [2.75, 3.05) is 0 Å². The van der Waals surface area contributed by atoms with E-state index in [9.17, 15) is 0 Å². The van der Waals surface area contributed by atoms with Crippen molar-refractivity contribution in [2.45, 2.75) is 39.0 Å². The molecule has 0 radical (unpaired) electrons. The summed E-state index contributed by atoms with van der Waals surface area (Å²) in [6, 6.07) is 0. The molecular formula is C15H24N8S. The van der Waals surface area contributed by atoms with Crippen LogP contribution in [0.3, 0.4) is 0 Å². The first-order chi connectivity index (χ1) is 11.1. The van der Waals surface area contributed by atoms with Gasteiger partial charge in [0.15, 0.2) is 10.9 Å². The van der Waals surface area contributed by atoms with Crippen LogP contribution in [0.1, 0.15) is 33.4 Å². The fourth-order valence-corrected chi connectivity index (χ4v) is 2.59. The van der Waals surface area contributed by atoms with Gasteiger partial charge in [0.2, 0.25) is 0 Å². The average Bonchev–Trinajstić information content (AvgIpc) is 2.81. The van der Waals surface area contributed by atoms with E-state index in [2.05, 4.69) is 46.9 Å². The van der Waals surface area contributed by atoms with Crippen LogP contribution in [0.25, 0.3) is 5.70 Å². The lowest BCUT2D eigenvalue weighted by molar-refractivity contribution is 0.248. The smallest absolute Gasteiger partial charge is 0.184 e. The summed E-state index contributed by atoms with van der Waals surface area (Å²) in [6.45, 7) is 8.22. The van der Waals surface area contributed by atoms with Gasteiger partial charge in [0.25, 0.3) is 0 Å². The molecule has 0 aliphatic carbocycles. The average molecular weight is 348 g/mol. The number of thiocarbonyl (C=S) groups is 1. The van der Waals surface area contributed by atoms with Gasteiger partial charge in [-0.05, 0) is 46.0 Å². The predicted molar refractivity (Wildman–Crippen MR) is 101 cm³/mol. The van der Waals surface area contributed by atoms with Crippen molar-refractivity contribution in [1.29, 1.82) is 0 Å². The number of imidazole rings is 1. The topological polar surface area (TPSA) is 105 Å². The van der Waals surface area contributed by atoms with Crippen molar-refractivity contribution < 1.29 is 0 Å². The van der Waals surface area contributed by atoms with E-state index in [1.807, 2.05) is 24.6 Å². The molecule has 2 rings (SSSR count). The van der Waals surface area contributed by atoms with E-state index in [1.165, 1.54) is 0 Å². The van der Waals surface area contributed by atoms with Crippen molar-refractivity contribution >= 4 is 35.0 Å². The molecule has 1 atom stereocenters. The molecule has 0 bridgehead atoms. The summed E-state index contributed by atoms with van der Waals surface area (Å²) in [6.07, 6.45) is 7.02. The Labute approximate surface area is 147 Å². The minimum Gasteiger partial charge on any atom is -0.375 e. The first-order valence-corrected chi connectivity index (χ1v) is 7.93. The van der Waals surface area contributed by atoms with Crippen LogP contribution in [0.2, 0.25) is 0 Å². The number of allylic oxidation sites excluding steroid dienone is 1. The van der Waals surface area contributed by atoms with Gasteiger partial charge in [-0.1, -0.05) is 0 Å². The largest absolute Gasteiger partial charge is 0.375 e. The number of rotatable bonds is 4. The highest BCUT2D eigenvalue weighted by atomic mass is 32.1. The van der Waals surface area contributed by atoms with Gasteiger partial charge in [0, 0.05) is 12.6 Å². The molecule has 0 amide bonds. The molecule has 8 nitrogen and oxygen atoms in total. The molecule has 24 heavy (non-hydrogen) atoms. The number of nitrogens with zero attached hydrogens (tertiary/aromatic N) is 4. The molecule has 1 aromatic heterocycles. The first kappa shape index (κ1) is 18.1. The number of nitrogens with one attached hydrogen (secondary N) is 3. The summed E-state index contributed by atoms with van der Waals surface area (Å²) in [5, 5.41) is 11.0. The Morgan fingerprint density at radius 2 is 2.21 bits per heavy atom. The Balaban J connectivity index is 2.37. The molecule has 1 aliphatic rings. The number of hydrogen-bond acceptors (Lipinski definition) is 6. The van der Waals surface area contributed by atoms with Gasteiger partial charge < -0.3 is 15.6 Å². The van der Waals surface area contributed by atoms with E-state index in [4.69, 9.17) is 22.9 Å². The van der Waals surface area contributed by atoms with E-state index >= 15 is 0 Å². The molecule has 2 heterocycles. The van der Waals surface area contributed by atoms with E-state index in [0.29, 0.717) is 5.71 Å². The maximum atomic E-state index is 5.38. The van der Waals surface area contributed by atoms with E-state index in [-0.39, 0.29) is 10.7 Å². The van der Waals surface area contributed by atoms with Crippen LogP contribution in [0.5, 0.6) is 0 Å². The molecule has 9 heteroatoms. The number of aromatic nitrogens is 2. The van der Waals surface area contributed by atoms with Crippen LogP contribution >= 0.6 is 12.2 Å². The molecule has 0 saturated carbocycles. The summed E-state index contributed by atoms with van der Waals surface area (Å²) in [7, 11) is 1.94. The van der Waals surface area contributed by atoms with E-state index < -0.39 is 5.79 Å². The molecule has 0 fully saturated rings. The lowest BCUT2D eigenvalue weighted by Crippen LogP contribution is -2.60. The van der Waals surface area contributed by atoms with Crippen LogP contribution < -0.4 is 21.8 Å². The zero-order chi connectivity index (χ0) is 18.0. The SMILES string of the molecule is Cn1cncc1C1=CC(C=NNC(N)=S)=NC(C)(NC(C)(C)C)N1. The Kier molecular flexibility index (Phi) is 5.05. The third-order valence-electron chi connectivity index (χ3n) is 3.11. The second-order valence-corrected chi connectivity index (χ2v) is 7.23. The van der Waals surface area contributed by atoms with Gasteiger partial charge >= 0.3 is 0 Å². The third kappa shape index (κ3) is 4.87. The molecule has 0 spiro atoms. The summed E-state index contributed by atoms with van der Waals surface area (Å²) < 4.78 is 1.93. The number of hydrogen-bond donors (Lipinski definition) is 4. The minimum absolute atomic E-state index is 0.104. The van der Waals surface area contributed by atoms with Gasteiger partial charge in [-0.2, -0.15) is 5.10 Å². The van der Waals surface area contributed by atoms with Crippen LogP contribution in [-0.2, 0) is 7.05 Å². The normalized spacial score (nSPS) is 21.2. The second-order valence-electron chi connectivity index (χ2n) is 6.79. The van der Waals surface area contributed by atoms with Gasteiger partial charge in [0.05, 0.1) is 35.8 Å². The molecular weight excluding hydrogens is 324 g/mol. The minimum atomic E-state index is -0.697. The number of hydrazone groups is 1. The van der Waals surface area contributed by atoms with Crippen LogP contribution in [0, 0.1) is 0 Å². The van der Waals surface area contributed by atoms with Crippen molar-refractivity contribution in [3.05, 3.63) is 24.3 Å². The highest BCUT2D eigenvalue weighted by Gasteiger charge is 2.32. The first-order valence-electron chi connectivity index (χ1n) is 7.52. The van der Waals surface area contributed by atoms with Crippen molar-refractivity contribution in [1.82, 2.24) is 25.6 Å². The molecule has 5 N–H and O–H groups in total. The lowest BCUT2D eigenvalue weighted by Gasteiger charge is -2.38. The van der Waals surface area contributed by atoms with Crippen molar-refractivity contribution in [2.24, 2.45) is 22.9 Å². The fraction of sp³-hybridized carbons (Fsp3) is 0.467. The summed E-state index contributed by atoms with van der Waals surface area (Å²) in [5.41, 5.74) is 10.3. The Morgan fingerprint density at radius 1 is 1.50 bits per heavy atom. The molecule has 0 aromatic carbocycles. The monoisotopic (exact) mass is 348 g/mol. The van der Waals surface area contributed by atoms with Crippen LogP contribution in [0.4, 0.5) is 0 Å². The third-order valence-corrected chi connectivity index (χ3v) is 3.20. The quantitative estimate of drug-likeness (QED) is 0.362. The van der Waals surface area contributed by atoms with Gasteiger partial charge in [-0.25, -0.2) is 9.98 Å². The van der Waals surface area contributed by atoms with Crippen molar-refractivity contribution in [3.63, 3.8) is 0 Å². The standard InChI is InChI=1S/C15H24N8S/c1-14(2,3)22-15(4)19-10(7-18-21-13(16)24)6-11(20-15)12-8-17-9-23(12)5/h6-9,20,22H,1-5H3,(H3,16,21,24). The number of aliphatic imine (C=N–C) groups is 1. The lowest BCUT2D eigenvalue weighted by atomic mass is 10.1. The number of nitrogens with two attached hydrogens (primary N) is 1. The van der Waals surface area contributed by atoms with Gasteiger partial charge in [-0.15, -0.1) is 0 Å². The number of aryl methyl sites for hydroxylation is 1. The van der Waals surface area contributed by atoms with E-state index in [0.717, 1.165) is 11.4 Å². The Hall–Kier alpha value is -2.26. The maximum Gasteiger partial charge on any atom is 0.184 e. The van der Waals surface area contributed by atoms with Crippen molar-refractivity contribution in [3.8, 4) is 0 Å².